The van der Waals surface area contributed by atoms with Crippen molar-refractivity contribution in [1.29, 1.82) is 0 Å². The Bertz CT molecular complexity index is 843. The molecular weight excluding hydrogens is 382 g/mol. The van der Waals surface area contributed by atoms with Crippen LogP contribution in [0.1, 0.15) is 49.6 Å². The van der Waals surface area contributed by atoms with Gasteiger partial charge in [-0.2, -0.15) is 5.10 Å². The van der Waals surface area contributed by atoms with Crippen LogP contribution in [0.5, 0.6) is 0 Å². The summed E-state index contributed by atoms with van der Waals surface area (Å²) in [6.45, 7) is 8.68. The lowest BCUT2D eigenvalue weighted by Crippen LogP contribution is -2.37. The third-order valence-corrected chi connectivity index (χ3v) is 5.59. The van der Waals surface area contributed by atoms with E-state index in [2.05, 4.69) is 9.67 Å². The molecule has 0 spiro atoms. The molecule has 2 aliphatic heterocycles. The van der Waals surface area contributed by atoms with Crippen molar-refractivity contribution in [3.63, 3.8) is 0 Å². The van der Waals surface area contributed by atoms with E-state index in [0.29, 0.717) is 19.1 Å². The summed E-state index contributed by atoms with van der Waals surface area (Å²) in [4.78, 5) is 20.4. The minimum Gasteiger partial charge on any atom is -0.453 e. The number of carbonyl (C=O) groups excluding carboxylic acids is 1. The number of fused-ring (bicyclic) bond motifs is 1. The van der Waals surface area contributed by atoms with Gasteiger partial charge in [0.1, 0.15) is 5.82 Å². The summed E-state index contributed by atoms with van der Waals surface area (Å²) >= 11 is 0. The topological polar surface area (TPSA) is 72.7 Å². The Morgan fingerprint density at radius 3 is 2.63 bits per heavy atom. The van der Waals surface area contributed by atoms with Crippen LogP contribution in [0.2, 0.25) is 0 Å². The van der Waals surface area contributed by atoms with Crippen LogP contribution in [0.15, 0.2) is 18.3 Å². The third-order valence-electron chi connectivity index (χ3n) is 5.59. The van der Waals surface area contributed by atoms with Crippen LogP contribution in [0.25, 0.3) is 0 Å². The molecule has 30 heavy (non-hydrogen) atoms. The molecule has 4 rings (SSSR count). The number of aromatic nitrogens is 3. The molecule has 0 radical (unpaired) electrons. The Balaban J connectivity index is 0.00000124. The van der Waals surface area contributed by atoms with Crippen LogP contribution in [-0.2, 0) is 22.4 Å². The summed E-state index contributed by atoms with van der Waals surface area (Å²) in [7, 11) is 3.40. The normalized spacial score (nSPS) is 16.4. The predicted octanol–water partition coefficient (Wildman–Crippen LogP) is 3.86. The van der Waals surface area contributed by atoms with E-state index in [1.54, 1.807) is 4.90 Å². The van der Waals surface area contributed by atoms with Crippen LogP contribution < -0.4 is 4.90 Å². The monoisotopic (exact) mass is 415 g/mol. The van der Waals surface area contributed by atoms with Gasteiger partial charge in [0, 0.05) is 50.7 Å². The summed E-state index contributed by atoms with van der Waals surface area (Å²) in [5.41, 5.74) is 3.40. The molecule has 1 amide bonds. The van der Waals surface area contributed by atoms with Gasteiger partial charge < -0.3 is 19.3 Å². The van der Waals surface area contributed by atoms with Gasteiger partial charge in [0.25, 0.3) is 0 Å². The van der Waals surface area contributed by atoms with E-state index in [1.807, 2.05) is 51.0 Å². The zero-order valence-corrected chi connectivity index (χ0v) is 18.7. The van der Waals surface area contributed by atoms with Gasteiger partial charge in [0.05, 0.1) is 19.7 Å². The molecule has 0 saturated carbocycles. The second-order valence-corrected chi connectivity index (χ2v) is 7.43. The maximum absolute atomic E-state index is 12.1. The zero-order chi connectivity index (χ0) is 21.7. The van der Waals surface area contributed by atoms with E-state index in [1.165, 1.54) is 12.8 Å². The highest BCUT2D eigenvalue weighted by Crippen LogP contribution is 2.35. The fourth-order valence-electron chi connectivity index (χ4n) is 3.98. The van der Waals surface area contributed by atoms with Crippen molar-refractivity contribution in [2.45, 2.75) is 52.6 Å². The SMILES string of the molecule is CC.COC(=O)N1CCc2c(c(N(C)c3ccc(C)cn3)nn2C2CCOCC2)C1. The van der Waals surface area contributed by atoms with Crippen molar-refractivity contribution >= 4 is 17.7 Å². The molecule has 8 heteroatoms. The number of hydrogen-bond donors (Lipinski definition) is 0. The van der Waals surface area contributed by atoms with Crippen LogP contribution in [0.3, 0.4) is 0 Å². The number of anilines is 2. The van der Waals surface area contributed by atoms with E-state index in [0.717, 1.165) is 55.2 Å². The van der Waals surface area contributed by atoms with Crippen LogP contribution in [0, 0.1) is 6.92 Å². The van der Waals surface area contributed by atoms with Crippen LogP contribution >= 0.6 is 0 Å². The van der Waals surface area contributed by atoms with Crippen molar-refractivity contribution in [2.24, 2.45) is 0 Å². The predicted molar refractivity (Wildman–Crippen MR) is 116 cm³/mol. The first-order valence-electron chi connectivity index (χ1n) is 10.8. The standard InChI is InChI=1S/C20H27N5O3.C2H6/c1-14-4-5-18(21-12-14)23(2)19-16-13-24(20(26)27-3)9-6-17(16)25(22-19)15-7-10-28-11-8-15;1-2/h4-5,12,15H,6-11,13H2,1-3H3;1-2H3. The number of nitrogens with zero attached hydrogens (tertiary/aromatic N) is 5. The molecule has 0 aromatic carbocycles. The average molecular weight is 416 g/mol. The largest absolute Gasteiger partial charge is 0.453 e. The molecule has 0 N–H and O–H groups in total. The molecular formula is C22H33N5O3. The Morgan fingerprint density at radius 2 is 2.00 bits per heavy atom. The van der Waals surface area contributed by atoms with Gasteiger partial charge >= 0.3 is 6.09 Å². The molecule has 2 aromatic heterocycles. The molecule has 0 aliphatic carbocycles. The maximum atomic E-state index is 12.1. The number of aryl methyl sites for hydroxylation is 1. The zero-order valence-electron chi connectivity index (χ0n) is 18.7. The second kappa shape index (κ2) is 9.93. The number of ether oxygens (including phenoxy) is 2. The van der Waals surface area contributed by atoms with E-state index in [9.17, 15) is 4.79 Å². The summed E-state index contributed by atoms with van der Waals surface area (Å²) in [5.74, 6) is 1.69. The van der Waals surface area contributed by atoms with Crippen LogP contribution in [0.4, 0.5) is 16.4 Å². The quantitative estimate of drug-likeness (QED) is 0.758. The van der Waals surface area contributed by atoms with Gasteiger partial charge in [-0.1, -0.05) is 19.9 Å². The molecule has 0 unspecified atom stereocenters. The molecule has 2 aromatic rings. The molecule has 164 valence electrons. The van der Waals surface area contributed by atoms with E-state index in [-0.39, 0.29) is 6.09 Å². The highest BCUT2D eigenvalue weighted by Gasteiger charge is 2.32. The smallest absolute Gasteiger partial charge is 0.409 e. The van der Waals surface area contributed by atoms with Crippen LogP contribution in [-0.4, -0.2) is 59.7 Å². The first kappa shape index (κ1) is 22.1. The molecule has 8 nitrogen and oxygen atoms in total. The maximum Gasteiger partial charge on any atom is 0.409 e. The Labute approximate surface area is 178 Å². The minimum absolute atomic E-state index is 0.300. The number of hydrogen-bond acceptors (Lipinski definition) is 6. The number of amides is 1. The summed E-state index contributed by atoms with van der Waals surface area (Å²) < 4.78 is 12.6. The molecule has 1 fully saturated rings. The lowest BCUT2D eigenvalue weighted by molar-refractivity contribution is 0.0649. The summed E-state index contributed by atoms with van der Waals surface area (Å²) in [6.07, 6.45) is 4.24. The Hall–Kier alpha value is -2.61. The van der Waals surface area contributed by atoms with Crippen molar-refractivity contribution in [1.82, 2.24) is 19.7 Å². The lowest BCUT2D eigenvalue weighted by atomic mass is 10.0. The molecule has 0 atom stereocenters. The number of methoxy groups -OCH3 is 1. The van der Waals surface area contributed by atoms with E-state index < -0.39 is 0 Å². The molecule has 4 heterocycles. The van der Waals surface area contributed by atoms with Gasteiger partial charge in [0.2, 0.25) is 0 Å². The lowest BCUT2D eigenvalue weighted by Gasteiger charge is -2.29. The van der Waals surface area contributed by atoms with Crippen molar-refractivity contribution < 1.29 is 14.3 Å². The van der Waals surface area contributed by atoms with Crippen molar-refractivity contribution in [3.8, 4) is 0 Å². The fraction of sp³-hybridized carbons (Fsp3) is 0.591. The van der Waals surface area contributed by atoms with Gasteiger partial charge in [-0.05, 0) is 31.4 Å². The summed E-state index contributed by atoms with van der Waals surface area (Å²) in [5, 5.41) is 5.00. The Morgan fingerprint density at radius 1 is 1.27 bits per heavy atom. The molecule has 2 aliphatic rings. The average Bonchev–Trinajstić information content (AvgIpc) is 3.19. The van der Waals surface area contributed by atoms with Crippen molar-refractivity contribution in [2.75, 3.05) is 38.8 Å². The molecule has 1 saturated heterocycles. The number of rotatable bonds is 3. The van der Waals surface area contributed by atoms with E-state index >= 15 is 0 Å². The number of carbonyl (C=O) groups is 1. The Kier molecular flexibility index (Phi) is 7.31. The van der Waals surface area contributed by atoms with Gasteiger partial charge in [-0.15, -0.1) is 0 Å². The molecule has 0 bridgehead atoms. The summed E-state index contributed by atoms with van der Waals surface area (Å²) in [6, 6.07) is 4.37. The van der Waals surface area contributed by atoms with Gasteiger partial charge in [-0.25, -0.2) is 9.78 Å². The van der Waals surface area contributed by atoms with Gasteiger partial charge in [-0.3, -0.25) is 4.68 Å². The first-order valence-corrected chi connectivity index (χ1v) is 10.8. The van der Waals surface area contributed by atoms with E-state index in [4.69, 9.17) is 14.6 Å². The highest BCUT2D eigenvalue weighted by atomic mass is 16.5. The third kappa shape index (κ3) is 4.43. The second-order valence-electron chi connectivity index (χ2n) is 7.43. The van der Waals surface area contributed by atoms with Gasteiger partial charge in [0.15, 0.2) is 5.82 Å². The first-order chi connectivity index (χ1) is 14.6. The van der Waals surface area contributed by atoms with Crippen molar-refractivity contribution in [3.05, 3.63) is 35.2 Å². The number of pyridine rings is 1. The minimum atomic E-state index is -0.300. The highest BCUT2D eigenvalue weighted by molar-refractivity contribution is 5.69. The fourth-order valence-corrected chi connectivity index (χ4v) is 3.98.